The fourth-order valence-corrected chi connectivity index (χ4v) is 5.21. The van der Waals surface area contributed by atoms with Gasteiger partial charge in [0.1, 0.15) is 0 Å². The normalized spacial score (nSPS) is 11.1. The second-order valence-corrected chi connectivity index (χ2v) is 18.5. The van der Waals surface area contributed by atoms with Gasteiger partial charge >= 0.3 is 0 Å². The van der Waals surface area contributed by atoms with E-state index in [4.69, 9.17) is 34.4 Å². The lowest BCUT2D eigenvalue weighted by Gasteiger charge is -2.20. The summed E-state index contributed by atoms with van der Waals surface area (Å²) in [6.45, 7) is 21.0. The first-order chi connectivity index (χ1) is 29.8. The van der Waals surface area contributed by atoms with E-state index < -0.39 is 0 Å². The van der Waals surface area contributed by atoms with E-state index in [1.807, 2.05) is 0 Å². The smallest absolute Gasteiger partial charge is 0.0107 e. The Hall–Kier alpha value is -0.640. The Bertz CT molecular complexity index is 684. The molecule has 0 bridgehead atoms. The van der Waals surface area contributed by atoms with E-state index in [1.165, 1.54) is 77.8 Å². The van der Waals surface area contributed by atoms with Gasteiger partial charge < -0.3 is 83.8 Å². The van der Waals surface area contributed by atoms with Crippen molar-refractivity contribution < 1.29 is 0 Å². The van der Waals surface area contributed by atoms with Gasteiger partial charge in [-0.25, -0.2) is 0 Å². The van der Waals surface area contributed by atoms with Crippen molar-refractivity contribution in [1.82, 2.24) is 49.4 Å². The summed E-state index contributed by atoms with van der Waals surface area (Å²) in [4.78, 5) is 20.4. The van der Waals surface area contributed by atoms with Crippen LogP contribution in [-0.2, 0) is 0 Å². The predicted molar refractivity (Wildman–Crippen MR) is 286 cm³/mol. The van der Waals surface area contributed by atoms with Gasteiger partial charge in [0.2, 0.25) is 0 Å². The van der Waals surface area contributed by atoms with Gasteiger partial charge in [-0.05, 0) is 275 Å². The molecule has 0 saturated carbocycles. The molecule has 0 spiro atoms. The highest BCUT2D eigenvalue weighted by Crippen LogP contribution is 1.93. The molecule has 0 unspecified atom stereocenters. The highest BCUT2D eigenvalue weighted by molar-refractivity contribution is 4.57. The summed E-state index contributed by atoms with van der Waals surface area (Å²) in [6, 6.07) is 0. The van der Waals surface area contributed by atoms with Crippen LogP contribution in [0.15, 0.2) is 0 Å². The minimum Gasteiger partial charge on any atom is -0.330 e. The van der Waals surface area contributed by atoms with Crippen LogP contribution in [0, 0.1) is 0 Å². The Morgan fingerprint density at radius 1 is 0.222 bits per heavy atom. The zero-order valence-corrected chi connectivity index (χ0v) is 45.6. The van der Waals surface area contributed by atoms with Gasteiger partial charge in [-0.15, -0.1) is 0 Å². The third-order valence-corrected chi connectivity index (χ3v) is 9.37. The molecule has 0 amide bonds. The monoisotopic (exact) mass is 911 g/mol. The molecule has 16 nitrogen and oxygen atoms in total. The molecule has 0 rings (SSSR count). The van der Waals surface area contributed by atoms with Crippen molar-refractivity contribution in [2.75, 3.05) is 237 Å². The molecule has 0 radical (unpaired) electrons. The van der Waals surface area contributed by atoms with Gasteiger partial charge in [-0.2, -0.15) is 0 Å². The van der Waals surface area contributed by atoms with Crippen LogP contribution in [-0.4, -0.2) is 281 Å². The van der Waals surface area contributed by atoms with Crippen LogP contribution >= 0.6 is 0 Å². The quantitative estimate of drug-likeness (QED) is 0.0442. The van der Waals surface area contributed by atoms with E-state index in [1.54, 1.807) is 0 Å². The van der Waals surface area contributed by atoms with E-state index >= 15 is 0 Å². The molecule has 0 aliphatic heterocycles. The van der Waals surface area contributed by atoms with Crippen LogP contribution in [0.5, 0.6) is 0 Å². The van der Waals surface area contributed by atoms with Gasteiger partial charge in [-0.3, -0.25) is 0 Å². The van der Waals surface area contributed by atoms with Crippen molar-refractivity contribution in [3.63, 3.8) is 0 Å². The first-order valence-corrected chi connectivity index (χ1v) is 24.7. The molecule has 16 heteroatoms. The van der Waals surface area contributed by atoms with Crippen LogP contribution < -0.4 is 39.7 Å². The Morgan fingerprint density at radius 3 is 0.683 bits per heavy atom. The molecule has 390 valence electrons. The van der Waals surface area contributed by atoms with Crippen LogP contribution in [0.4, 0.5) is 0 Å². The van der Waals surface area contributed by atoms with E-state index in [9.17, 15) is 0 Å². The topological polar surface area (TPSA) is 197 Å². The highest BCUT2D eigenvalue weighted by atomic mass is 15.2. The maximum atomic E-state index is 5.35. The molecule has 0 aliphatic rings. The Labute approximate surface area is 396 Å². The standard InChI is InChI=1S/C11H27N3.C10H25N3.C9H23N3.C7H19N3.2C5H14N2/c1-12(2)8-6-10-14(5)11-7-9-13(3)4;1-12(2)9-5-7-11-8-6-10-13(3)4;1-10(2)6-8-12(5)9-7-11(3)4;1-10(6-2-4-8)7-3-5-9;2*6-4-2-1-3-5-7/h6-11H2,1-5H3;11H,5-10H2,1-4H3;6-9H2,1-5H3;2-9H2,1H3;2*1-7H2. The van der Waals surface area contributed by atoms with Gasteiger partial charge in [0.25, 0.3) is 0 Å². The minimum absolute atomic E-state index is 0.785. The first-order valence-electron chi connectivity index (χ1n) is 24.7. The van der Waals surface area contributed by atoms with Crippen molar-refractivity contribution >= 4 is 0 Å². The summed E-state index contributed by atoms with van der Waals surface area (Å²) in [5.74, 6) is 0. The number of unbranched alkanes of at least 4 members (excludes halogenated alkanes) is 4. The third-order valence-electron chi connectivity index (χ3n) is 9.37. The molecule has 0 heterocycles. The Morgan fingerprint density at radius 2 is 0.444 bits per heavy atom. The lowest BCUT2D eigenvalue weighted by molar-refractivity contribution is 0.254. The maximum Gasteiger partial charge on any atom is 0.0107 e. The maximum absolute atomic E-state index is 5.35. The van der Waals surface area contributed by atoms with Gasteiger partial charge in [0.15, 0.2) is 0 Å². The first kappa shape index (κ1) is 73.9. The number of nitrogens with zero attached hydrogens (tertiary/aromatic N) is 9. The number of hydrogen-bond acceptors (Lipinski definition) is 16. The highest BCUT2D eigenvalue weighted by Gasteiger charge is 2.01. The third kappa shape index (κ3) is 96.4. The van der Waals surface area contributed by atoms with E-state index in [0.29, 0.717) is 0 Å². The second-order valence-electron chi connectivity index (χ2n) is 18.5. The fraction of sp³-hybridized carbons (Fsp3) is 1.00. The minimum atomic E-state index is 0.785. The van der Waals surface area contributed by atoms with Gasteiger partial charge in [-0.1, -0.05) is 12.8 Å². The van der Waals surface area contributed by atoms with Crippen LogP contribution in [0.2, 0.25) is 0 Å². The molecule has 0 aromatic rings. The number of hydrogen-bond donors (Lipinski definition) is 7. The fourth-order valence-electron chi connectivity index (χ4n) is 5.21. The van der Waals surface area contributed by atoms with Gasteiger partial charge in [0.05, 0.1) is 0 Å². The van der Waals surface area contributed by atoms with Crippen LogP contribution in [0.1, 0.15) is 77.0 Å². The molecular weight excluding hydrogens is 789 g/mol. The molecule has 13 N–H and O–H groups in total. The van der Waals surface area contributed by atoms with Crippen molar-refractivity contribution in [3.8, 4) is 0 Å². The van der Waals surface area contributed by atoms with E-state index in [-0.39, 0.29) is 0 Å². The van der Waals surface area contributed by atoms with Crippen LogP contribution in [0.3, 0.4) is 0 Å². The number of likely N-dealkylation sites (N-methyl/N-ethyl adjacent to an activating group) is 3. The predicted octanol–water partition coefficient (Wildman–Crippen LogP) is 1.11. The van der Waals surface area contributed by atoms with Crippen molar-refractivity contribution in [1.29, 1.82) is 0 Å². The molecular formula is C47H122N16. The summed E-state index contributed by atoms with van der Waals surface area (Å²) in [5, 5.41) is 3.44. The average molecular weight is 912 g/mol. The molecule has 0 aromatic carbocycles. The SMILES string of the molecule is CN(C)CCCN(C)CCCN(C)C.CN(C)CCCNCCCN(C)C.CN(C)CCN(C)CCN(C)C.CN(CCCN)CCCN.NCCCCCN.NCCCCCN. The van der Waals surface area contributed by atoms with Crippen LogP contribution in [0.25, 0.3) is 0 Å². The zero-order chi connectivity index (χ0) is 49.5. The van der Waals surface area contributed by atoms with E-state index in [0.717, 1.165) is 130 Å². The van der Waals surface area contributed by atoms with Crippen molar-refractivity contribution in [2.24, 2.45) is 34.4 Å². The van der Waals surface area contributed by atoms with Crippen molar-refractivity contribution in [2.45, 2.75) is 77.0 Å². The summed E-state index contributed by atoms with van der Waals surface area (Å²) in [7, 11) is 31.9. The second kappa shape index (κ2) is 63.4. The zero-order valence-electron chi connectivity index (χ0n) is 45.6. The molecule has 0 saturated heterocycles. The molecule has 0 aliphatic carbocycles. The number of nitrogens with two attached hydrogens (primary N) is 6. The molecule has 0 fully saturated rings. The molecule has 63 heavy (non-hydrogen) atoms. The number of nitrogens with one attached hydrogen (secondary N) is 1. The molecule has 0 atom stereocenters. The molecule has 0 aromatic heterocycles. The average Bonchev–Trinajstić information content (AvgIpc) is 3.21. The van der Waals surface area contributed by atoms with Gasteiger partial charge in [0, 0.05) is 26.2 Å². The summed E-state index contributed by atoms with van der Waals surface area (Å²) >= 11 is 0. The Balaban J connectivity index is -0.000000157. The van der Waals surface area contributed by atoms with E-state index in [2.05, 4.69) is 155 Å². The lowest BCUT2D eigenvalue weighted by atomic mass is 10.2. The summed E-state index contributed by atoms with van der Waals surface area (Å²) in [5.41, 5.74) is 31.6. The summed E-state index contributed by atoms with van der Waals surface area (Å²) in [6.07, 6.45) is 14.1. The number of rotatable bonds is 36. The largest absolute Gasteiger partial charge is 0.330 e. The summed E-state index contributed by atoms with van der Waals surface area (Å²) < 4.78 is 0. The Kier molecular flexibility index (Phi) is 74.4. The lowest BCUT2D eigenvalue weighted by Crippen LogP contribution is -2.33. The van der Waals surface area contributed by atoms with Crippen molar-refractivity contribution in [3.05, 3.63) is 0 Å².